The Balaban J connectivity index is 1.61. The highest BCUT2D eigenvalue weighted by atomic mass is 35.5. The van der Waals surface area contributed by atoms with Crippen molar-refractivity contribution in [2.45, 2.75) is 33.7 Å². The van der Waals surface area contributed by atoms with E-state index in [2.05, 4.69) is 5.32 Å². The third kappa shape index (κ3) is 4.74. The van der Waals surface area contributed by atoms with Gasteiger partial charge in [0.15, 0.2) is 5.58 Å². The zero-order valence-electron chi connectivity index (χ0n) is 17.4. The maximum atomic E-state index is 12.5. The van der Waals surface area contributed by atoms with Crippen LogP contribution in [0.4, 0.5) is 5.69 Å². The van der Waals surface area contributed by atoms with Crippen molar-refractivity contribution in [1.29, 1.82) is 0 Å². The molecule has 0 atom stereocenters. The number of likely N-dealkylation sites (N-methyl/N-ethyl adjacent to an activating group) is 1. The number of nitrogens with zero attached hydrogens (tertiary/aromatic N) is 2. The third-order valence-corrected chi connectivity index (χ3v) is 5.16. The van der Waals surface area contributed by atoms with Crippen LogP contribution in [0.25, 0.3) is 11.1 Å². The minimum atomic E-state index is -0.550. The molecule has 2 amide bonds. The molecular weight excluding hydrogens is 406 g/mol. The van der Waals surface area contributed by atoms with E-state index in [-0.39, 0.29) is 31.3 Å². The fraction of sp³-hybridized carbons (Fsp3) is 0.318. The van der Waals surface area contributed by atoms with Crippen LogP contribution in [0.15, 0.2) is 39.5 Å². The summed E-state index contributed by atoms with van der Waals surface area (Å²) >= 11 is 5.91. The molecule has 0 radical (unpaired) electrons. The summed E-state index contributed by atoms with van der Waals surface area (Å²) < 4.78 is 6.55. The number of halogens is 1. The van der Waals surface area contributed by atoms with Gasteiger partial charge in [0, 0.05) is 36.8 Å². The molecule has 1 aromatic heterocycles. The molecule has 8 heteroatoms. The monoisotopic (exact) mass is 429 g/mol. The molecule has 0 fully saturated rings. The SMILES string of the molecule is Cc1cc(C)c(NC(=O)CN(C)C(=O)CCn2c(=O)oc3cc(Cl)ccc32)c(C)c1. The molecule has 1 heterocycles. The van der Waals surface area contributed by atoms with Crippen LogP contribution in [-0.4, -0.2) is 34.9 Å². The molecule has 7 nitrogen and oxygen atoms in total. The Morgan fingerprint density at radius 3 is 2.47 bits per heavy atom. The van der Waals surface area contributed by atoms with Crippen molar-refractivity contribution in [2.75, 3.05) is 18.9 Å². The Morgan fingerprint density at radius 1 is 1.13 bits per heavy atom. The van der Waals surface area contributed by atoms with Gasteiger partial charge in [-0.3, -0.25) is 14.2 Å². The normalized spacial score (nSPS) is 11.0. The first-order valence-electron chi connectivity index (χ1n) is 9.56. The van der Waals surface area contributed by atoms with Crippen LogP contribution in [0.1, 0.15) is 23.1 Å². The van der Waals surface area contributed by atoms with E-state index in [0.717, 1.165) is 22.4 Å². The van der Waals surface area contributed by atoms with Crippen molar-refractivity contribution in [1.82, 2.24) is 9.47 Å². The Labute approximate surface area is 179 Å². The third-order valence-electron chi connectivity index (χ3n) is 4.93. The van der Waals surface area contributed by atoms with Gasteiger partial charge >= 0.3 is 5.76 Å². The molecule has 0 aliphatic heterocycles. The van der Waals surface area contributed by atoms with E-state index in [1.54, 1.807) is 25.2 Å². The Bertz CT molecular complexity index is 1160. The number of benzene rings is 2. The van der Waals surface area contributed by atoms with Gasteiger partial charge in [0.05, 0.1) is 12.1 Å². The molecule has 0 saturated heterocycles. The number of fused-ring (bicyclic) bond motifs is 1. The van der Waals surface area contributed by atoms with Gasteiger partial charge in [-0.2, -0.15) is 0 Å². The first-order valence-corrected chi connectivity index (χ1v) is 9.94. The quantitative estimate of drug-likeness (QED) is 0.648. The van der Waals surface area contributed by atoms with Crippen LogP contribution < -0.4 is 11.1 Å². The van der Waals surface area contributed by atoms with Crippen LogP contribution in [0, 0.1) is 20.8 Å². The van der Waals surface area contributed by atoms with Gasteiger partial charge < -0.3 is 14.6 Å². The Kier molecular flexibility index (Phi) is 6.31. The number of oxazole rings is 1. The number of nitrogens with one attached hydrogen (secondary N) is 1. The van der Waals surface area contributed by atoms with E-state index < -0.39 is 5.76 Å². The second-order valence-electron chi connectivity index (χ2n) is 7.45. The molecular formula is C22H24ClN3O4. The molecule has 3 rings (SSSR count). The smallest absolute Gasteiger partial charge is 0.408 e. The molecule has 0 spiro atoms. The van der Waals surface area contributed by atoms with Gasteiger partial charge in [-0.25, -0.2) is 4.79 Å². The second kappa shape index (κ2) is 8.75. The number of carbonyl (C=O) groups excluding carboxylic acids is 2. The maximum absolute atomic E-state index is 12.5. The zero-order valence-corrected chi connectivity index (χ0v) is 18.2. The Hall–Kier alpha value is -3.06. The van der Waals surface area contributed by atoms with Crippen LogP contribution in [-0.2, 0) is 16.1 Å². The molecule has 30 heavy (non-hydrogen) atoms. The maximum Gasteiger partial charge on any atom is 0.419 e. The summed E-state index contributed by atoms with van der Waals surface area (Å²) in [5.74, 6) is -1.08. The molecule has 158 valence electrons. The summed E-state index contributed by atoms with van der Waals surface area (Å²) in [6.45, 7) is 5.94. The van der Waals surface area contributed by atoms with Crippen molar-refractivity contribution >= 4 is 40.2 Å². The number of aryl methyl sites for hydroxylation is 4. The first-order chi connectivity index (χ1) is 14.2. The highest BCUT2D eigenvalue weighted by Crippen LogP contribution is 2.22. The molecule has 3 aromatic rings. The zero-order chi connectivity index (χ0) is 22.0. The second-order valence-corrected chi connectivity index (χ2v) is 7.89. The van der Waals surface area contributed by atoms with E-state index in [1.807, 2.05) is 32.9 Å². The summed E-state index contributed by atoms with van der Waals surface area (Å²) in [4.78, 5) is 38.3. The van der Waals surface area contributed by atoms with Gasteiger partial charge in [-0.1, -0.05) is 29.3 Å². The van der Waals surface area contributed by atoms with Gasteiger partial charge in [0.1, 0.15) is 0 Å². The minimum absolute atomic E-state index is 0.0591. The van der Waals surface area contributed by atoms with Crippen molar-refractivity contribution in [3.8, 4) is 0 Å². The lowest BCUT2D eigenvalue weighted by molar-refractivity contribution is -0.133. The number of carbonyl (C=O) groups is 2. The average Bonchev–Trinajstić information content (AvgIpc) is 2.96. The van der Waals surface area contributed by atoms with E-state index in [0.29, 0.717) is 16.1 Å². The van der Waals surface area contributed by atoms with Gasteiger partial charge in [-0.05, 0) is 44.0 Å². The lowest BCUT2D eigenvalue weighted by atomic mass is 10.1. The molecule has 0 unspecified atom stereocenters. The van der Waals surface area contributed by atoms with Crippen molar-refractivity contribution in [3.63, 3.8) is 0 Å². The van der Waals surface area contributed by atoms with Crippen LogP contribution >= 0.6 is 11.6 Å². The first kappa shape index (κ1) is 21.6. The number of hydrogen-bond acceptors (Lipinski definition) is 4. The number of hydrogen-bond donors (Lipinski definition) is 1. The van der Waals surface area contributed by atoms with E-state index in [4.69, 9.17) is 16.0 Å². The number of rotatable bonds is 6. The van der Waals surface area contributed by atoms with Crippen LogP contribution in [0.3, 0.4) is 0 Å². The number of amides is 2. The molecule has 0 aliphatic rings. The highest BCUT2D eigenvalue weighted by Gasteiger charge is 2.17. The van der Waals surface area contributed by atoms with Crippen LogP contribution in [0.5, 0.6) is 0 Å². The highest BCUT2D eigenvalue weighted by molar-refractivity contribution is 6.31. The van der Waals surface area contributed by atoms with Crippen molar-refractivity contribution in [2.24, 2.45) is 0 Å². The summed E-state index contributed by atoms with van der Waals surface area (Å²) in [7, 11) is 1.56. The van der Waals surface area contributed by atoms with Crippen molar-refractivity contribution in [3.05, 3.63) is 62.6 Å². The van der Waals surface area contributed by atoms with E-state index in [9.17, 15) is 14.4 Å². The summed E-state index contributed by atoms with van der Waals surface area (Å²) in [6, 6.07) is 8.89. The van der Waals surface area contributed by atoms with Gasteiger partial charge in [-0.15, -0.1) is 0 Å². The summed E-state index contributed by atoms with van der Waals surface area (Å²) in [5.41, 5.74) is 4.78. The number of aromatic nitrogens is 1. The minimum Gasteiger partial charge on any atom is -0.408 e. The Morgan fingerprint density at radius 2 is 1.80 bits per heavy atom. The predicted molar refractivity (Wildman–Crippen MR) is 117 cm³/mol. The van der Waals surface area contributed by atoms with Crippen LogP contribution in [0.2, 0.25) is 5.02 Å². The van der Waals surface area contributed by atoms with Gasteiger partial charge in [0.2, 0.25) is 11.8 Å². The van der Waals surface area contributed by atoms with Crippen molar-refractivity contribution < 1.29 is 14.0 Å². The molecule has 2 aromatic carbocycles. The fourth-order valence-corrected chi connectivity index (χ4v) is 3.67. The van der Waals surface area contributed by atoms with Gasteiger partial charge in [0.25, 0.3) is 0 Å². The molecule has 0 saturated carbocycles. The topological polar surface area (TPSA) is 84.5 Å². The molecule has 1 N–H and O–H groups in total. The largest absolute Gasteiger partial charge is 0.419 e. The molecule has 0 aliphatic carbocycles. The fourth-order valence-electron chi connectivity index (χ4n) is 3.51. The number of anilines is 1. The lowest BCUT2D eigenvalue weighted by Gasteiger charge is -2.18. The average molecular weight is 430 g/mol. The van der Waals surface area contributed by atoms with E-state index in [1.165, 1.54) is 9.47 Å². The molecule has 0 bridgehead atoms. The standard InChI is InChI=1S/C22H24ClN3O4/c1-13-9-14(2)21(15(3)10-13)24-19(27)12-25(4)20(28)7-8-26-17-6-5-16(23)11-18(17)30-22(26)29/h5-6,9-11H,7-8,12H2,1-4H3,(H,24,27). The lowest BCUT2D eigenvalue weighted by Crippen LogP contribution is -2.35. The summed E-state index contributed by atoms with van der Waals surface area (Å²) in [6.07, 6.45) is 0.0591. The summed E-state index contributed by atoms with van der Waals surface area (Å²) in [5, 5.41) is 3.35. The predicted octanol–water partition coefficient (Wildman–Crippen LogP) is 3.66. The van der Waals surface area contributed by atoms with E-state index >= 15 is 0 Å².